The predicted octanol–water partition coefficient (Wildman–Crippen LogP) is 2.98. The van der Waals surface area contributed by atoms with Gasteiger partial charge < -0.3 is 0 Å². The number of carbonyl (C=O) groups is 1. The number of hydrogen-bond acceptors (Lipinski definition) is 4. The fourth-order valence-electron chi connectivity index (χ4n) is 1.49. The van der Waals surface area contributed by atoms with Gasteiger partial charge in [-0.3, -0.25) is 14.9 Å². The molecule has 0 heterocycles. The molecular weight excluding hydrogens is 262 g/mol. The van der Waals surface area contributed by atoms with Crippen LogP contribution >= 0.6 is 23.4 Å². The lowest BCUT2D eigenvalue weighted by atomic mass is 9.96. The van der Waals surface area contributed by atoms with Crippen molar-refractivity contribution >= 4 is 28.5 Å². The van der Waals surface area contributed by atoms with Crippen molar-refractivity contribution in [1.29, 1.82) is 0 Å². The Labute approximate surface area is 108 Å². The Morgan fingerprint density at radius 1 is 1.47 bits per heavy atom. The third-order valence-corrected chi connectivity index (χ3v) is 3.23. The summed E-state index contributed by atoms with van der Waals surface area (Å²) in [7, 11) is 0. The molecule has 0 aliphatic rings. The Morgan fingerprint density at radius 2 is 2.06 bits per heavy atom. The highest BCUT2D eigenvalue weighted by atomic mass is 35.5. The largest absolute Gasteiger partial charge is 0.287 e. The van der Waals surface area contributed by atoms with Gasteiger partial charge in [0, 0.05) is 16.4 Å². The Kier molecular flexibility index (Phi) is 5.44. The normalized spacial score (nSPS) is 12.1. The highest BCUT2D eigenvalue weighted by Gasteiger charge is 2.20. The molecule has 0 aromatic heterocycles. The summed E-state index contributed by atoms with van der Waals surface area (Å²) >= 11 is 6.84. The van der Waals surface area contributed by atoms with Gasteiger partial charge in [0.1, 0.15) is 0 Å². The molecule has 0 radical (unpaired) electrons. The second-order valence-corrected chi connectivity index (χ2v) is 4.84. The van der Waals surface area contributed by atoms with E-state index in [2.05, 4.69) is 0 Å². The summed E-state index contributed by atoms with van der Waals surface area (Å²) in [6.07, 6.45) is 1.84. The summed E-state index contributed by atoms with van der Waals surface area (Å²) in [6, 6.07) is 6.80. The van der Waals surface area contributed by atoms with E-state index in [1.54, 1.807) is 30.5 Å². The van der Waals surface area contributed by atoms with Crippen LogP contribution in [0.1, 0.15) is 17.9 Å². The molecule has 17 heavy (non-hydrogen) atoms. The van der Waals surface area contributed by atoms with Gasteiger partial charge in [-0.2, -0.15) is 0 Å². The number of halogens is 1. The van der Waals surface area contributed by atoms with E-state index in [1.165, 1.54) is 0 Å². The van der Waals surface area contributed by atoms with Crippen LogP contribution in [0, 0.1) is 10.1 Å². The minimum Gasteiger partial charge on any atom is -0.287 e. The van der Waals surface area contributed by atoms with Crippen LogP contribution < -0.4 is 0 Å². The zero-order valence-electron chi connectivity index (χ0n) is 9.26. The highest BCUT2D eigenvalue weighted by molar-refractivity contribution is 8.13. The topological polar surface area (TPSA) is 60.2 Å². The molecule has 0 bridgehead atoms. The fraction of sp³-hybridized carbons (Fsp3) is 0.364. The zero-order chi connectivity index (χ0) is 12.8. The van der Waals surface area contributed by atoms with Crippen LogP contribution in [0.15, 0.2) is 24.3 Å². The third kappa shape index (κ3) is 4.75. The first kappa shape index (κ1) is 14.0. The average molecular weight is 274 g/mol. The van der Waals surface area contributed by atoms with Gasteiger partial charge >= 0.3 is 0 Å². The van der Waals surface area contributed by atoms with Crippen LogP contribution in [0.2, 0.25) is 5.02 Å². The summed E-state index contributed by atoms with van der Waals surface area (Å²) in [5, 5.41) is 11.1. The van der Waals surface area contributed by atoms with Crippen molar-refractivity contribution in [1.82, 2.24) is 0 Å². The zero-order valence-corrected chi connectivity index (χ0v) is 10.8. The molecule has 1 aromatic carbocycles. The maximum Gasteiger partial charge on any atom is 0.211 e. The van der Waals surface area contributed by atoms with Crippen molar-refractivity contribution in [3.8, 4) is 0 Å². The minimum atomic E-state index is -0.396. The standard InChI is InChI=1S/C11H12ClNO3S/c1-17-11(14)6-9(7-13(15)16)8-2-4-10(12)5-3-8/h2-5,9H,6-7H2,1H3/t9-/m0/s1. The van der Waals surface area contributed by atoms with Crippen molar-refractivity contribution in [2.45, 2.75) is 12.3 Å². The molecule has 0 spiro atoms. The Bertz CT molecular complexity index is 408. The molecular formula is C11H12ClNO3S. The molecule has 0 amide bonds. The molecule has 0 aliphatic heterocycles. The lowest BCUT2D eigenvalue weighted by Gasteiger charge is -2.11. The maximum absolute atomic E-state index is 11.4. The van der Waals surface area contributed by atoms with Crippen molar-refractivity contribution in [3.63, 3.8) is 0 Å². The summed E-state index contributed by atoms with van der Waals surface area (Å²) in [5.74, 6) is -0.387. The summed E-state index contributed by atoms with van der Waals surface area (Å²) in [4.78, 5) is 21.5. The predicted molar refractivity (Wildman–Crippen MR) is 69.2 cm³/mol. The van der Waals surface area contributed by atoms with E-state index in [0.717, 1.165) is 17.3 Å². The SMILES string of the molecule is CSC(=O)C[C@@H](C[N+](=O)[O-])c1ccc(Cl)cc1. The number of benzene rings is 1. The van der Waals surface area contributed by atoms with Gasteiger partial charge in [-0.1, -0.05) is 35.5 Å². The first-order valence-electron chi connectivity index (χ1n) is 4.97. The van der Waals surface area contributed by atoms with Gasteiger partial charge in [0.15, 0.2) is 5.12 Å². The summed E-state index contributed by atoms with van der Waals surface area (Å²) in [6.45, 7) is -0.242. The Balaban J connectivity index is 2.85. The first-order chi connectivity index (χ1) is 8.02. The summed E-state index contributed by atoms with van der Waals surface area (Å²) in [5.41, 5.74) is 0.772. The second kappa shape index (κ2) is 6.61. The number of thioether (sulfide) groups is 1. The van der Waals surface area contributed by atoms with E-state index < -0.39 is 4.92 Å². The van der Waals surface area contributed by atoms with Crippen molar-refractivity contribution in [3.05, 3.63) is 45.0 Å². The molecule has 4 nitrogen and oxygen atoms in total. The van der Waals surface area contributed by atoms with Crippen LogP contribution in [0.4, 0.5) is 0 Å². The van der Waals surface area contributed by atoms with Crippen LogP contribution in [0.25, 0.3) is 0 Å². The van der Waals surface area contributed by atoms with Crippen LogP contribution in [-0.4, -0.2) is 22.8 Å². The number of carbonyl (C=O) groups excluding carboxylic acids is 1. The number of nitro groups is 1. The molecule has 0 unspecified atom stereocenters. The monoisotopic (exact) mass is 273 g/mol. The Hall–Kier alpha value is -1.07. The molecule has 0 aliphatic carbocycles. The smallest absolute Gasteiger partial charge is 0.211 e. The second-order valence-electron chi connectivity index (χ2n) is 3.54. The number of hydrogen-bond donors (Lipinski definition) is 0. The summed E-state index contributed by atoms with van der Waals surface area (Å²) < 4.78 is 0. The molecule has 6 heteroatoms. The number of nitrogens with zero attached hydrogens (tertiary/aromatic N) is 1. The molecule has 0 fully saturated rings. The number of rotatable bonds is 5. The quantitative estimate of drug-likeness (QED) is 0.611. The van der Waals surface area contributed by atoms with Crippen molar-refractivity contribution in [2.24, 2.45) is 0 Å². The van der Waals surface area contributed by atoms with Gasteiger partial charge in [0.05, 0.1) is 5.92 Å². The molecule has 0 saturated heterocycles. The molecule has 0 saturated carbocycles. The lowest BCUT2D eigenvalue weighted by Crippen LogP contribution is -2.15. The Morgan fingerprint density at radius 3 is 2.53 bits per heavy atom. The van der Waals surface area contributed by atoms with E-state index >= 15 is 0 Å². The molecule has 0 N–H and O–H groups in total. The lowest BCUT2D eigenvalue weighted by molar-refractivity contribution is -0.483. The maximum atomic E-state index is 11.4. The van der Waals surface area contributed by atoms with E-state index in [9.17, 15) is 14.9 Å². The van der Waals surface area contributed by atoms with E-state index in [1.807, 2.05) is 0 Å². The minimum absolute atomic E-state index is 0.0493. The van der Waals surface area contributed by atoms with Crippen LogP contribution in [0.3, 0.4) is 0 Å². The van der Waals surface area contributed by atoms with Gasteiger partial charge in [-0.15, -0.1) is 0 Å². The van der Waals surface area contributed by atoms with Crippen molar-refractivity contribution < 1.29 is 9.72 Å². The van der Waals surface area contributed by atoms with Gasteiger partial charge in [0.25, 0.3) is 0 Å². The van der Waals surface area contributed by atoms with Crippen molar-refractivity contribution in [2.75, 3.05) is 12.8 Å². The third-order valence-electron chi connectivity index (χ3n) is 2.35. The van der Waals surface area contributed by atoms with E-state index in [-0.39, 0.29) is 24.0 Å². The first-order valence-corrected chi connectivity index (χ1v) is 6.57. The van der Waals surface area contributed by atoms with E-state index in [4.69, 9.17) is 11.6 Å². The molecule has 92 valence electrons. The fourth-order valence-corrected chi connectivity index (χ4v) is 1.98. The van der Waals surface area contributed by atoms with Gasteiger partial charge in [-0.05, 0) is 24.0 Å². The highest BCUT2D eigenvalue weighted by Crippen LogP contribution is 2.24. The molecule has 1 aromatic rings. The van der Waals surface area contributed by atoms with Gasteiger partial charge in [0.2, 0.25) is 6.54 Å². The molecule has 1 atom stereocenters. The average Bonchev–Trinajstić information content (AvgIpc) is 2.28. The van der Waals surface area contributed by atoms with Gasteiger partial charge in [-0.25, -0.2) is 0 Å². The van der Waals surface area contributed by atoms with Crippen LogP contribution in [-0.2, 0) is 4.79 Å². The van der Waals surface area contributed by atoms with Crippen LogP contribution in [0.5, 0.6) is 0 Å². The molecule has 1 rings (SSSR count). The van der Waals surface area contributed by atoms with E-state index in [0.29, 0.717) is 5.02 Å².